The van der Waals surface area contributed by atoms with Crippen LogP contribution < -0.4 is 0 Å². The predicted octanol–water partition coefficient (Wildman–Crippen LogP) is 4.60. The summed E-state index contributed by atoms with van der Waals surface area (Å²) in [5.74, 6) is -0.0438. The lowest BCUT2D eigenvalue weighted by Crippen LogP contribution is -2.41. The number of hydrogen-bond acceptors (Lipinski definition) is 4. The molecule has 30 heavy (non-hydrogen) atoms. The van der Waals surface area contributed by atoms with Gasteiger partial charge in [-0.3, -0.25) is 9.48 Å². The largest absolute Gasteiger partial charge is 0.299 e. The first-order chi connectivity index (χ1) is 14.4. The second kappa shape index (κ2) is 7.23. The van der Waals surface area contributed by atoms with Crippen molar-refractivity contribution in [2.45, 2.75) is 42.9 Å². The highest BCUT2D eigenvalue weighted by molar-refractivity contribution is 7.99. The summed E-state index contributed by atoms with van der Waals surface area (Å²) in [6.45, 7) is 1.72. The number of carbonyl (C=O) groups is 1. The molecule has 0 unspecified atom stereocenters. The molecule has 0 amide bonds. The molecule has 5 nitrogen and oxygen atoms in total. The minimum absolute atomic E-state index is 0.222. The standard InChI is InChI=1S/C23H23FN4OS/c1-15(29)23-12-16-14-25-28(19-6-4-18(24)5-7-19)21(16)11-17(23)3-8-20(13-23)30-22-9-10-27(2)26-22/h4-7,9-11,14,20H,3,8,12-13H2,1-2H3/t20-,23+/m0/s1. The van der Waals surface area contributed by atoms with Crippen molar-refractivity contribution in [2.75, 3.05) is 0 Å². The zero-order valence-corrected chi connectivity index (χ0v) is 17.8. The van der Waals surface area contributed by atoms with E-state index in [1.165, 1.54) is 17.7 Å². The summed E-state index contributed by atoms with van der Waals surface area (Å²) in [6.07, 6.45) is 9.35. The molecule has 1 fully saturated rings. The van der Waals surface area contributed by atoms with Crippen molar-refractivity contribution in [2.24, 2.45) is 12.5 Å². The monoisotopic (exact) mass is 422 g/mol. The zero-order valence-electron chi connectivity index (χ0n) is 17.0. The van der Waals surface area contributed by atoms with Gasteiger partial charge in [-0.1, -0.05) is 5.57 Å². The molecule has 0 spiro atoms. The van der Waals surface area contributed by atoms with E-state index < -0.39 is 5.41 Å². The van der Waals surface area contributed by atoms with E-state index in [-0.39, 0.29) is 11.6 Å². The number of allylic oxidation sites excluding steroid dienone is 1. The molecule has 2 heterocycles. The summed E-state index contributed by atoms with van der Waals surface area (Å²) in [4.78, 5) is 12.9. The topological polar surface area (TPSA) is 52.7 Å². The fourth-order valence-electron chi connectivity index (χ4n) is 4.76. The maximum Gasteiger partial charge on any atom is 0.140 e. The number of rotatable bonds is 4. The molecule has 0 N–H and O–H groups in total. The molecule has 1 saturated carbocycles. The lowest BCUT2D eigenvalue weighted by atomic mass is 9.62. The van der Waals surface area contributed by atoms with Gasteiger partial charge in [-0.25, -0.2) is 9.07 Å². The molecule has 5 rings (SSSR count). The number of carbonyl (C=O) groups excluding carboxylic acids is 1. The molecule has 2 aromatic heterocycles. The summed E-state index contributed by atoms with van der Waals surface area (Å²) >= 11 is 1.77. The highest BCUT2D eigenvalue weighted by Gasteiger charge is 2.47. The van der Waals surface area contributed by atoms with Gasteiger partial charge in [0.2, 0.25) is 0 Å². The molecule has 1 aromatic carbocycles. The third kappa shape index (κ3) is 3.21. The molecule has 7 heteroatoms. The van der Waals surface area contributed by atoms with Gasteiger partial charge in [0.25, 0.3) is 0 Å². The third-order valence-corrected chi connectivity index (χ3v) is 7.53. The predicted molar refractivity (Wildman–Crippen MR) is 115 cm³/mol. The number of ketones is 1. The van der Waals surface area contributed by atoms with Crippen molar-refractivity contribution >= 4 is 23.6 Å². The molecule has 2 aliphatic rings. The van der Waals surface area contributed by atoms with Crippen molar-refractivity contribution < 1.29 is 9.18 Å². The Bertz CT molecular complexity index is 1150. The lowest BCUT2D eigenvalue weighted by molar-refractivity contribution is -0.125. The Labute approximate surface area is 179 Å². The van der Waals surface area contributed by atoms with E-state index in [1.807, 2.05) is 34.9 Å². The summed E-state index contributed by atoms with van der Waals surface area (Å²) in [7, 11) is 1.92. The second-order valence-corrected chi connectivity index (χ2v) is 9.56. The number of fused-ring (bicyclic) bond motifs is 2. The molecule has 2 aliphatic carbocycles. The quantitative estimate of drug-likeness (QED) is 0.616. The van der Waals surface area contributed by atoms with E-state index in [4.69, 9.17) is 0 Å². The minimum Gasteiger partial charge on any atom is -0.299 e. The summed E-state index contributed by atoms with van der Waals surface area (Å²) in [5, 5.41) is 10.4. The van der Waals surface area contributed by atoms with Crippen LogP contribution in [0, 0.1) is 11.2 Å². The van der Waals surface area contributed by atoms with Gasteiger partial charge in [0.05, 0.1) is 23.0 Å². The molecule has 0 radical (unpaired) electrons. The number of thioether (sulfide) groups is 1. The van der Waals surface area contributed by atoms with Crippen LogP contribution in [0.1, 0.15) is 37.4 Å². The highest BCUT2D eigenvalue weighted by Crippen LogP contribution is 2.51. The molecule has 3 aromatic rings. The van der Waals surface area contributed by atoms with E-state index in [2.05, 4.69) is 16.3 Å². The number of Topliss-reactive ketones (excluding diaryl/α,β-unsaturated/α-hetero) is 1. The maximum absolute atomic E-state index is 13.3. The fraction of sp³-hybridized carbons (Fsp3) is 0.348. The summed E-state index contributed by atoms with van der Waals surface area (Å²) in [5.41, 5.74) is 3.63. The maximum atomic E-state index is 13.3. The van der Waals surface area contributed by atoms with Gasteiger partial charge in [0, 0.05) is 18.5 Å². The van der Waals surface area contributed by atoms with Crippen LogP contribution in [0.2, 0.25) is 0 Å². The fourth-order valence-corrected chi connectivity index (χ4v) is 6.02. The normalized spacial score (nSPS) is 22.9. The van der Waals surface area contributed by atoms with Gasteiger partial charge >= 0.3 is 0 Å². The van der Waals surface area contributed by atoms with Gasteiger partial charge in [0.1, 0.15) is 16.6 Å². The lowest BCUT2D eigenvalue weighted by Gasteiger charge is -2.43. The van der Waals surface area contributed by atoms with E-state index >= 15 is 0 Å². The van der Waals surface area contributed by atoms with Crippen LogP contribution in [-0.2, 0) is 18.3 Å². The zero-order chi connectivity index (χ0) is 20.9. The Hall–Kier alpha value is -2.67. The average molecular weight is 423 g/mol. The first-order valence-corrected chi connectivity index (χ1v) is 11.0. The van der Waals surface area contributed by atoms with E-state index in [9.17, 15) is 9.18 Å². The number of hydrogen-bond donors (Lipinski definition) is 0. The molecule has 0 bridgehead atoms. The van der Waals surface area contributed by atoms with Crippen molar-refractivity contribution in [3.63, 3.8) is 0 Å². The number of aryl methyl sites for hydroxylation is 1. The molecule has 2 atom stereocenters. The summed E-state index contributed by atoms with van der Waals surface area (Å²) in [6, 6.07) is 8.38. The molecule has 0 saturated heterocycles. The molecule has 154 valence electrons. The van der Waals surface area contributed by atoms with Crippen molar-refractivity contribution in [1.29, 1.82) is 0 Å². The van der Waals surface area contributed by atoms with Crippen LogP contribution in [0.3, 0.4) is 0 Å². The Morgan fingerprint density at radius 3 is 2.77 bits per heavy atom. The van der Waals surface area contributed by atoms with Crippen molar-refractivity contribution in [1.82, 2.24) is 19.6 Å². The van der Waals surface area contributed by atoms with Crippen molar-refractivity contribution in [3.8, 4) is 5.69 Å². The third-order valence-electron chi connectivity index (χ3n) is 6.34. The molecular formula is C23H23FN4OS. The number of halogens is 1. The van der Waals surface area contributed by atoms with Gasteiger partial charge in [0.15, 0.2) is 0 Å². The highest BCUT2D eigenvalue weighted by atomic mass is 32.2. The Morgan fingerprint density at radius 2 is 2.07 bits per heavy atom. The smallest absolute Gasteiger partial charge is 0.140 e. The van der Waals surface area contributed by atoms with Crippen molar-refractivity contribution in [3.05, 3.63) is 65.4 Å². The first-order valence-electron chi connectivity index (χ1n) is 10.2. The van der Waals surface area contributed by atoms with Crippen LogP contribution >= 0.6 is 11.8 Å². The molecule has 0 aliphatic heterocycles. The van der Waals surface area contributed by atoms with Gasteiger partial charge in [-0.05, 0) is 74.6 Å². The van der Waals surface area contributed by atoms with E-state index in [1.54, 1.807) is 30.8 Å². The van der Waals surface area contributed by atoms with Crippen LogP contribution in [0.15, 0.2) is 53.3 Å². The van der Waals surface area contributed by atoms with E-state index in [0.29, 0.717) is 11.7 Å². The van der Waals surface area contributed by atoms with Gasteiger partial charge < -0.3 is 0 Å². The number of nitrogens with zero attached hydrogens (tertiary/aromatic N) is 4. The van der Waals surface area contributed by atoms with Crippen LogP contribution in [0.25, 0.3) is 11.8 Å². The molecular weight excluding hydrogens is 399 g/mol. The first kappa shape index (κ1) is 19.3. The van der Waals surface area contributed by atoms with Gasteiger partial charge in [-0.15, -0.1) is 11.8 Å². The Balaban J connectivity index is 1.48. The SMILES string of the molecule is CC(=O)[C@]12Cc3cnn(-c4ccc(F)cc4)c3C=C1CC[C@H](Sc1ccn(C)n1)C2. The summed E-state index contributed by atoms with van der Waals surface area (Å²) < 4.78 is 17.0. The Morgan fingerprint density at radius 1 is 1.27 bits per heavy atom. The average Bonchev–Trinajstić information content (AvgIpc) is 3.32. The van der Waals surface area contributed by atoms with Gasteiger partial charge in [-0.2, -0.15) is 10.2 Å². The van der Waals surface area contributed by atoms with E-state index in [0.717, 1.165) is 41.2 Å². The Kier molecular flexibility index (Phi) is 4.65. The second-order valence-electron chi connectivity index (χ2n) is 8.24. The minimum atomic E-state index is -0.464. The van der Waals surface area contributed by atoms with Crippen LogP contribution in [-0.4, -0.2) is 30.6 Å². The van der Waals surface area contributed by atoms with Crippen LogP contribution in [0.4, 0.5) is 4.39 Å². The van der Waals surface area contributed by atoms with Crippen LogP contribution in [0.5, 0.6) is 0 Å². The number of benzene rings is 1. The number of aromatic nitrogens is 4.